The van der Waals surface area contributed by atoms with Gasteiger partial charge in [0.25, 0.3) is 0 Å². The van der Waals surface area contributed by atoms with Gasteiger partial charge in [0.05, 0.1) is 5.69 Å². The standard InChI is InChI=1S/C14H26ClN3/c1-5-8-12(16-6-2)9-7-10-13-11(3)17-18(4)14(13)15/h12,16H,5-10H2,1-4H3. The van der Waals surface area contributed by atoms with E-state index in [0.29, 0.717) is 6.04 Å². The van der Waals surface area contributed by atoms with Crippen LogP contribution in [0.1, 0.15) is 50.8 Å². The maximum Gasteiger partial charge on any atom is 0.130 e. The van der Waals surface area contributed by atoms with Crippen LogP contribution in [0.25, 0.3) is 0 Å². The van der Waals surface area contributed by atoms with Gasteiger partial charge in [-0.3, -0.25) is 4.68 Å². The van der Waals surface area contributed by atoms with Crippen LogP contribution in [-0.2, 0) is 13.5 Å². The Hall–Kier alpha value is -0.540. The highest BCUT2D eigenvalue weighted by Crippen LogP contribution is 2.21. The van der Waals surface area contributed by atoms with Crippen molar-refractivity contribution in [1.29, 1.82) is 0 Å². The van der Waals surface area contributed by atoms with Gasteiger partial charge >= 0.3 is 0 Å². The van der Waals surface area contributed by atoms with Crippen LogP contribution in [0.3, 0.4) is 0 Å². The van der Waals surface area contributed by atoms with Gasteiger partial charge in [-0.15, -0.1) is 0 Å². The summed E-state index contributed by atoms with van der Waals surface area (Å²) in [7, 11) is 1.90. The molecule has 0 aliphatic heterocycles. The Morgan fingerprint density at radius 1 is 1.33 bits per heavy atom. The molecule has 0 radical (unpaired) electrons. The topological polar surface area (TPSA) is 29.9 Å². The maximum absolute atomic E-state index is 6.24. The van der Waals surface area contributed by atoms with Crippen molar-refractivity contribution in [2.24, 2.45) is 7.05 Å². The Morgan fingerprint density at radius 2 is 2.06 bits per heavy atom. The molecule has 3 nitrogen and oxygen atoms in total. The van der Waals surface area contributed by atoms with Gasteiger partial charge in [-0.1, -0.05) is 31.9 Å². The molecule has 1 unspecified atom stereocenters. The van der Waals surface area contributed by atoms with Crippen molar-refractivity contribution in [2.45, 2.75) is 58.9 Å². The highest BCUT2D eigenvalue weighted by atomic mass is 35.5. The minimum Gasteiger partial charge on any atom is -0.314 e. The lowest BCUT2D eigenvalue weighted by Crippen LogP contribution is -2.28. The molecule has 1 aromatic heterocycles. The zero-order valence-electron chi connectivity index (χ0n) is 12.1. The summed E-state index contributed by atoms with van der Waals surface area (Å²) in [6.07, 6.45) is 5.91. The first-order valence-corrected chi connectivity index (χ1v) is 7.39. The summed E-state index contributed by atoms with van der Waals surface area (Å²) in [6, 6.07) is 0.649. The van der Waals surface area contributed by atoms with Crippen molar-refractivity contribution in [3.63, 3.8) is 0 Å². The van der Waals surface area contributed by atoms with Crippen molar-refractivity contribution < 1.29 is 0 Å². The van der Waals surface area contributed by atoms with Crippen LogP contribution in [0.15, 0.2) is 0 Å². The van der Waals surface area contributed by atoms with E-state index in [-0.39, 0.29) is 0 Å². The lowest BCUT2D eigenvalue weighted by molar-refractivity contribution is 0.447. The minimum atomic E-state index is 0.649. The SMILES string of the molecule is CCCC(CCCc1c(C)nn(C)c1Cl)NCC. The second-order valence-electron chi connectivity index (χ2n) is 4.91. The van der Waals surface area contributed by atoms with Crippen molar-refractivity contribution in [1.82, 2.24) is 15.1 Å². The van der Waals surface area contributed by atoms with Gasteiger partial charge < -0.3 is 5.32 Å². The van der Waals surface area contributed by atoms with Crippen LogP contribution in [0, 0.1) is 6.92 Å². The van der Waals surface area contributed by atoms with Crippen LogP contribution in [0.2, 0.25) is 5.15 Å². The second kappa shape index (κ2) is 7.80. The van der Waals surface area contributed by atoms with Crippen molar-refractivity contribution in [3.8, 4) is 0 Å². The fourth-order valence-electron chi connectivity index (χ4n) is 2.47. The zero-order valence-corrected chi connectivity index (χ0v) is 12.8. The van der Waals surface area contributed by atoms with Crippen LogP contribution in [0.4, 0.5) is 0 Å². The summed E-state index contributed by atoms with van der Waals surface area (Å²) in [6.45, 7) is 7.50. The molecule has 0 bridgehead atoms. The average Bonchev–Trinajstić information content (AvgIpc) is 2.56. The lowest BCUT2D eigenvalue weighted by Gasteiger charge is -2.16. The predicted octanol–water partition coefficient (Wildman–Crippen LogP) is 3.48. The molecular weight excluding hydrogens is 246 g/mol. The lowest BCUT2D eigenvalue weighted by atomic mass is 10.0. The Bertz CT molecular complexity index is 354. The monoisotopic (exact) mass is 271 g/mol. The van der Waals surface area contributed by atoms with E-state index >= 15 is 0 Å². The quantitative estimate of drug-likeness (QED) is 0.784. The number of halogens is 1. The van der Waals surface area contributed by atoms with Gasteiger partial charge in [-0.2, -0.15) is 5.10 Å². The first-order chi connectivity index (χ1) is 8.60. The summed E-state index contributed by atoms with van der Waals surface area (Å²) in [5, 5.41) is 8.69. The Morgan fingerprint density at radius 3 is 2.56 bits per heavy atom. The fourth-order valence-corrected chi connectivity index (χ4v) is 2.74. The van der Waals surface area contributed by atoms with E-state index < -0.39 is 0 Å². The first-order valence-electron chi connectivity index (χ1n) is 7.01. The molecule has 18 heavy (non-hydrogen) atoms. The maximum atomic E-state index is 6.24. The molecule has 0 spiro atoms. The number of hydrogen-bond acceptors (Lipinski definition) is 2. The molecule has 0 saturated carbocycles. The number of aromatic nitrogens is 2. The highest BCUT2D eigenvalue weighted by Gasteiger charge is 2.12. The third kappa shape index (κ3) is 4.29. The number of nitrogens with zero attached hydrogens (tertiary/aromatic N) is 2. The molecule has 1 aromatic rings. The molecule has 1 rings (SSSR count). The van der Waals surface area contributed by atoms with Gasteiger partial charge in [0.1, 0.15) is 5.15 Å². The zero-order chi connectivity index (χ0) is 13.5. The van der Waals surface area contributed by atoms with Crippen LogP contribution in [-0.4, -0.2) is 22.4 Å². The van der Waals surface area contributed by atoms with E-state index in [1.165, 1.54) is 31.2 Å². The molecule has 0 fully saturated rings. The normalized spacial score (nSPS) is 12.9. The summed E-state index contributed by atoms with van der Waals surface area (Å²) < 4.78 is 1.76. The highest BCUT2D eigenvalue weighted by molar-refractivity contribution is 6.30. The van der Waals surface area contributed by atoms with Gasteiger partial charge in [-0.05, 0) is 39.2 Å². The molecule has 0 aromatic carbocycles. The van der Waals surface area contributed by atoms with Gasteiger partial charge in [-0.25, -0.2) is 0 Å². The fraction of sp³-hybridized carbons (Fsp3) is 0.786. The van der Waals surface area contributed by atoms with E-state index in [2.05, 4.69) is 24.3 Å². The smallest absolute Gasteiger partial charge is 0.130 e. The number of rotatable bonds is 8. The first kappa shape index (κ1) is 15.5. The molecule has 0 amide bonds. The molecule has 104 valence electrons. The predicted molar refractivity (Wildman–Crippen MR) is 78.3 cm³/mol. The van der Waals surface area contributed by atoms with Crippen LogP contribution < -0.4 is 5.32 Å². The second-order valence-corrected chi connectivity index (χ2v) is 5.27. The van der Waals surface area contributed by atoms with E-state index in [1.54, 1.807) is 4.68 Å². The summed E-state index contributed by atoms with van der Waals surface area (Å²) in [5.41, 5.74) is 2.28. The summed E-state index contributed by atoms with van der Waals surface area (Å²) in [4.78, 5) is 0. The summed E-state index contributed by atoms with van der Waals surface area (Å²) in [5.74, 6) is 0. The largest absolute Gasteiger partial charge is 0.314 e. The van der Waals surface area contributed by atoms with Crippen molar-refractivity contribution in [2.75, 3.05) is 6.54 Å². The molecule has 1 N–H and O–H groups in total. The number of aryl methyl sites for hydroxylation is 2. The third-order valence-corrected chi connectivity index (χ3v) is 3.85. The Kier molecular flexibility index (Phi) is 6.72. The molecule has 0 aliphatic carbocycles. The molecular formula is C14H26ClN3. The molecule has 0 saturated heterocycles. The minimum absolute atomic E-state index is 0.649. The third-order valence-electron chi connectivity index (χ3n) is 3.38. The van der Waals surface area contributed by atoms with E-state index in [9.17, 15) is 0 Å². The van der Waals surface area contributed by atoms with E-state index in [1.807, 2.05) is 14.0 Å². The van der Waals surface area contributed by atoms with Crippen LogP contribution in [0.5, 0.6) is 0 Å². The summed E-state index contributed by atoms with van der Waals surface area (Å²) >= 11 is 6.24. The van der Waals surface area contributed by atoms with Gasteiger partial charge in [0, 0.05) is 18.7 Å². The van der Waals surface area contributed by atoms with E-state index in [4.69, 9.17) is 11.6 Å². The van der Waals surface area contributed by atoms with Gasteiger partial charge in [0.2, 0.25) is 0 Å². The van der Waals surface area contributed by atoms with Gasteiger partial charge in [0.15, 0.2) is 0 Å². The van der Waals surface area contributed by atoms with Crippen molar-refractivity contribution >= 4 is 11.6 Å². The number of hydrogen-bond donors (Lipinski definition) is 1. The molecule has 1 heterocycles. The Labute approximate surface area is 116 Å². The Balaban J connectivity index is 2.44. The van der Waals surface area contributed by atoms with Crippen LogP contribution >= 0.6 is 11.6 Å². The average molecular weight is 272 g/mol. The van der Waals surface area contributed by atoms with E-state index in [0.717, 1.165) is 23.8 Å². The molecule has 0 aliphatic rings. The van der Waals surface area contributed by atoms with Crippen molar-refractivity contribution in [3.05, 3.63) is 16.4 Å². The molecule has 1 atom stereocenters. The molecule has 4 heteroatoms. The number of nitrogens with one attached hydrogen (secondary N) is 1.